The summed E-state index contributed by atoms with van der Waals surface area (Å²) in [4.78, 5) is 14.7. The molecule has 1 heterocycles. The molecule has 0 bridgehead atoms. The number of aliphatic hydroxyl groups excluding tert-OH is 1. The second-order valence-corrected chi connectivity index (χ2v) is 7.19. The highest BCUT2D eigenvalue weighted by molar-refractivity contribution is 5.92. The minimum absolute atomic E-state index is 0.0265. The first-order valence-electron chi connectivity index (χ1n) is 9.01. The van der Waals surface area contributed by atoms with Crippen molar-refractivity contribution in [3.63, 3.8) is 0 Å². The molecule has 1 amide bonds. The van der Waals surface area contributed by atoms with E-state index in [1.807, 2.05) is 53.9 Å². The van der Waals surface area contributed by atoms with Gasteiger partial charge in [0.1, 0.15) is 0 Å². The molecule has 0 saturated heterocycles. The average Bonchev–Trinajstić information content (AvgIpc) is 3.03. The van der Waals surface area contributed by atoms with E-state index >= 15 is 0 Å². The number of aryl methyl sites for hydroxylation is 2. The molecule has 5 nitrogen and oxygen atoms in total. The molecular weight excluding hydrogens is 314 g/mol. The Bertz CT molecular complexity index is 728. The first-order valence-corrected chi connectivity index (χ1v) is 9.01. The molecule has 0 aliphatic heterocycles. The van der Waals surface area contributed by atoms with Gasteiger partial charge in [0.2, 0.25) is 0 Å². The van der Waals surface area contributed by atoms with Crippen LogP contribution in [-0.2, 0) is 0 Å². The zero-order valence-electron chi connectivity index (χ0n) is 15.3. The third-order valence-corrected chi connectivity index (χ3v) is 5.33. The Morgan fingerprint density at radius 2 is 1.84 bits per heavy atom. The molecule has 0 atom stereocenters. The van der Waals surface area contributed by atoms with Gasteiger partial charge in [-0.25, -0.2) is 4.68 Å². The molecule has 1 fully saturated rings. The Labute approximate surface area is 149 Å². The van der Waals surface area contributed by atoms with Crippen LogP contribution in [0.5, 0.6) is 0 Å². The van der Waals surface area contributed by atoms with E-state index < -0.39 is 0 Å². The number of benzene rings is 1. The summed E-state index contributed by atoms with van der Waals surface area (Å²) in [7, 11) is 1.87. The van der Waals surface area contributed by atoms with Crippen LogP contribution in [0, 0.1) is 19.8 Å². The van der Waals surface area contributed by atoms with E-state index in [-0.39, 0.29) is 18.6 Å². The highest BCUT2D eigenvalue weighted by Crippen LogP contribution is 2.27. The minimum atomic E-state index is -0.0265. The zero-order chi connectivity index (χ0) is 18.0. The second-order valence-electron chi connectivity index (χ2n) is 7.19. The summed E-state index contributed by atoms with van der Waals surface area (Å²) in [6.45, 7) is 4.27. The molecule has 3 rings (SSSR count). The van der Waals surface area contributed by atoms with Crippen LogP contribution in [0.25, 0.3) is 5.69 Å². The van der Waals surface area contributed by atoms with Gasteiger partial charge < -0.3 is 10.0 Å². The largest absolute Gasteiger partial charge is 0.396 e. The van der Waals surface area contributed by atoms with Gasteiger partial charge in [0, 0.05) is 25.4 Å². The van der Waals surface area contributed by atoms with E-state index in [1.54, 1.807) is 0 Å². The number of rotatable bonds is 4. The van der Waals surface area contributed by atoms with Crippen LogP contribution in [0.3, 0.4) is 0 Å². The van der Waals surface area contributed by atoms with Crippen LogP contribution in [0.2, 0.25) is 0 Å². The van der Waals surface area contributed by atoms with Crippen LogP contribution in [0.15, 0.2) is 30.3 Å². The van der Waals surface area contributed by atoms with Crippen LogP contribution >= 0.6 is 0 Å². The van der Waals surface area contributed by atoms with Crippen molar-refractivity contribution in [1.82, 2.24) is 14.7 Å². The summed E-state index contributed by atoms with van der Waals surface area (Å²) >= 11 is 0. The van der Waals surface area contributed by atoms with Crippen LogP contribution < -0.4 is 0 Å². The maximum absolute atomic E-state index is 12.8. The molecule has 1 aromatic heterocycles. The zero-order valence-corrected chi connectivity index (χ0v) is 15.3. The number of amides is 1. The van der Waals surface area contributed by atoms with Crippen molar-refractivity contribution < 1.29 is 9.90 Å². The number of carbonyl (C=O) groups is 1. The lowest BCUT2D eigenvalue weighted by molar-refractivity contribution is 0.0646. The monoisotopic (exact) mass is 341 g/mol. The van der Waals surface area contributed by atoms with E-state index in [0.717, 1.165) is 37.1 Å². The fourth-order valence-corrected chi connectivity index (χ4v) is 3.59. The predicted molar refractivity (Wildman–Crippen MR) is 98.0 cm³/mol. The van der Waals surface area contributed by atoms with Gasteiger partial charge in [0.05, 0.1) is 5.69 Å². The average molecular weight is 341 g/mol. The van der Waals surface area contributed by atoms with Crippen molar-refractivity contribution in [2.75, 3.05) is 13.7 Å². The van der Waals surface area contributed by atoms with Crippen molar-refractivity contribution in [3.8, 4) is 5.69 Å². The number of carbonyl (C=O) groups excluding carboxylic acids is 1. The standard InChI is InChI=1S/C20H27N3O2/c1-14-4-8-18(9-5-14)23-15(2)12-19(21-23)20(25)22(3)17-10-6-16(13-24)7-11-17/h4-5,8-9,12,16-17,24H,6-7,10-11,13H2,1-3H3. The Morgan fingerprint density at radius 1 is 1.20 bits per heavy atom. The van der Waals surface area contributed by atoms with Gasteiger partial charge >= 0.3 is 0 Å². The maximum atomic E-state index is 12.8. The summed E-state index contributed by atoms with van der Waals surface area (Å²) in [5.74, 6) is 0.365. The summed E-state index contributed by atoms with van der Waals surface area (Å²) in [6, 6.07) is 10.2. The second kappa shape index (κ2) is 7.40. The third-order valence-electron chi connectivity index (χ3n) is 5.33. The van der Waals surface area contributed by atoms with Crippen LogP contribution in [0.1, 0.15) is 47.4 Å². The molecule has 1 aromatic carbocycles. The molecular formula is C20H27N3O2. The third kappa shape index (κ3) is 3.76. The maximum Gasteiger partial charge on any atom is 0.274 e. The predicted octanol–water partition coefficient (Wildman–Crippen LogP) is 3.11. The summed E-state index contributed by atoms with van der Waals surface area (Å²) < 4.78 is 1.82. The van der Waals surface area contributed by atoms with Crippen LogP contribution in [-0.4, -0.2) is 45.4 Å². The fraction of sp³-hybridized carbons (Fsp3) is 0.500. The molecule has 0 radical (unpaired) electrons. The van der Waals surface area contributed by atoms with E-state index in [1.165, 1.54) is 5.56 Å². The molecule has 1 saturated carbocycles. The number of hydrogen-bond donors (Lipinski definition) is 1. The Kier molecular flexibility index (Phi) is 5.23. The van der Waals surface area contributed by atoms with Crippen molar-refractivity contribution in [2.45, 2.75) is 45.6 Å². The quantitative estimate of drug-likeness (QED) is 0.929. The first kappa shape index (κ1) is 17.7. The van der Waals surface area contributed by atoms with Crippen molar-refractivity contribution in [2.24, 2.45) is 5.92 Å². The van der Waals surface area contributed by atoms with Gasteiger partial charge in [0.15, 0.2) is 5.69 Å². The Morgan fingerprint density at radius 3 is 2.44 bits per heavy atom. The topological polar surface area (TPSA) is 58.4 Å². The van der Waals surface area contributed by atoms with Gasteiger partial charge in [-0.3, -0.25) is 4.79 Å². The lowest BCUT2D eigenvalue weighted by atomic mass is 9.86. The van der Waals surface area contributed by atoms with Gasteiger partial charge in [-0.05, 0) is 63.6 Å². The van der Waals surface area contributed by atoms with Gasteiger partial charge in [-0.15, -0.1) is 0 Å². The molecule has 134 valence electrons. The molecule has 1 aliphatic rings. The van der Waals surface area contributed by atoms with E-state index in [4.69, 9.17) is 0 Å². The number of nitrogens with zero attached hydrogens (tertiary/aromatic N) is 3. The molecule has 25 heavy (non-hydrogen) atoms. The molecule has 0 unspecified atom stereocenters. The number of hydrogen-bond acceptors (Lipinski definition) is 3. The van der Waals surface area contributed by atoms with E-state index in [0.29, 0.717) is 11.6 Å². The summed E-state index contributed by atoms with van der Waals surface area (Å²) in [5, 5.41) is 13.8. The number of aliphatic hydroxyl groups is 1. The smallest absolute Gasteiger partial charge is 0.274 e. The number of aromatic nitrogens is 2. The van der Waals surface area contributed by atoms with Crippen LogP contribution in [0.4, 0.5) is 0 Å². The highest BCUT2D eigenvalue weighted by Gasteiger charge is 2.28. The minimum Gasteiger partial charge on any atom is -0.396 e. The van der Waals surface area contributed by atoms with Crippen molar-refractivity contribution in [1.29, 1.82) is 0 Å². The van der Waals surface area contributed by atoms with Gasteiger partial charge in [0.25, 0.3) is 5.91 Å². The van der Waals surface area contributed by atoms with E-state index in [9.17, 15) is 9.90 Å². The Hall–Kier alpha value is -2.14. The molecule has 5 heteroatoms. The van der Waals surface area contributed by atoms with Gasteiger partial charge in [-0.2, -0.15) is 5.10 Å². The lowest BCUT2D eigenvalue weighted by Crippen LogP contribution is -2.40. The SMILES string of the molecule is Cc1ccc(-n2nc(C(=O)N(C)C3CCC(CO)CC3)cc2C)cc1. The van der Waals surface area contributed by atoms with Crippen molar-refractivity contribution in [3.05, 3.63) is 47.3 Å². The lowest BCUT2D eigenvalue weighted by Gasteiger charge is -2.33. The molecule has 1 aliphatic carbocycles. The molecule has 2 aromatic rings. The molecule has 1 N–H and O–H groups in total. The Balaban J connectivity index is 1.74. The van der Waals surface area contributed by atoms with E-state index in [2.05, 4.69) is 12.0 Å². The fourth-order valence-electron chi connectivity index (χ4n) is 3.59. The normalized spacial score (nSPS) is 20.5. The van der Waals surface area contributed by atoms with Crippen molar-refractivity contribution >= 4 is 5.91 Å². The first-order chi connectivity index (χ1) is 12.0. The van der Waals surface area contributed by atoms with Gasteiger partial charge in [-0.1, -0.05) is 17.7 Å². The summed E-state index contributed by atoms with van der Waals surface area (Å²) in [5.41, 5.74) is 3.60. The highest BCUT2D eigenvalue weighted by atomic mass is 16.3. The molecule has 0 spiro atoms. The summed E-state index contributed by atoms with van der Waals surface area (Å²) in [6.07, 6.45) is 3.86.